The predicted octanol–water partition coefficient (Wildman–Crippen LogP) is 1.82. The van der Waals surface area contributed by atoms with Gasteiger partial charge in [-0.15, -0.1) is 5.10 Å². The number of hydrogen-bond acceptors (Lipinski definition) is 5. The average Bonchev–Trinajstić information content (AvgIpc) is 3.11. The molecule has 2 aromatic heterocycles. The van der Waals surface area contributed by atoms with E-state index in [9.17, 15) is 9.90 Å². The summed E-state index contributed by atoms with van der Waals surface area (Å²) in [5.74, 6) is 0.700. The molecule has 0 saturated carbocycles. The largest absolute Gasteiger partial charge is 0.478 e. The SMILES string of the molecule is O=C(O)c1cccn2nc(-c3ccc4c(c3)OCO4)nc12. The summed E-state index contributed by atoms with van der Waals surface area (Å²) >= 11 is 0. The molecule has 0 unspecified atom stereocenters. The van der Waals surface area contributed by atoms with E-state index in [1.807, 2.05) is 6.07 Å². The number of nitrogens with zero attached hydrogens (tertiary/aromatic N) is 3. The van der Waals surface area contributed by atoms with Crippen LogP contribution >= 0.6 is 0 Å². The van der Waals surface area contributed by atoms with Crippen molar-refractivity contribution in [3.8, 4) is 22.9 Å². The van der Waals surface area contributed by atoms with Crippen LogP contribution in [0.3, 0.4) is 0 Å². The first-order chi connectivity index (χ1) is 10.2. The van der Waals surface area contributed by atoms with Crippen molar-refractivity contribution in [1.82, 2.24) is 14.6 Å². The third-order valence-electron chi connectivity index (χ3n) is 3.22. The summed E-state index contributed by atoms with van der Waals surface area (Å²) in [7, 11) is 0. The molecule has 7 heteroatoms. The number of pyridine rings is 1. The maximum Gasteiger partial charge on any atom is 0.339 e. The first kappa shape index (κ1) is 11.7. The monoisotopic (exact) mass is 283 g/mol. The Balaban J connectivity index is 1.87. The van der Waals surface area contributed by atoms with E-state index in [4.69, 9.17) is 9.47 Å². The molecule has 0 amide bonds. The lowest BCUT2D eigenvalue weighted by Gasteiger charge is -1.97. The van der Waals surface area contributed by atoms with Gasteiger partial charge in [0.2, 0.25) is 6.79 Å². The van der Waals surface area contributed by atoms with Crippen molar-refractivity contribution in [1.29, 1.82) is 0 Å². The van der Waals surface area contributed by atoms with Crippen LogP contribution in [0, 0.1) is 0 Å². The van der Waals surface area contributed by atoms with E-state index in [1.165, 1.54) is 10.6 Å². The number of carboxylic acids is 1. The Morgan fingerprint density at radius 2 is 2.10 bits per heavy atom. The maximum atomic E-state index is 11.2. The summed E-state index contributed by atoms with van der Waals surface area (Å²) in [6.07, 6.45) is 1.66. The molecule has 0 fully saturated rings. The Kier molecular flexibility index (Phi) is 2.34. The van der Waals surface area contributed by atoms with Crippen molar-refractivity contribution in [2.24, 2.45) is 0 Å². The second-order valence-corrected chi connectivity index (χ2v) is 4.50. The Morgan fingerprint density at radius 3 is 2.95 bits per heavy atom. The lowest BCUT2D eigenvalue weighted by Crippen LogP contribution is -2.00. The first-order valence-corrected chi connectivity index (χ1v) is 6.21. The van der Waals surface area contributed by atoms with Crippen LogP contribution in [0.4, 0.5) is 0 Å². The number of aromatic nitrogens is 3. The zero-order chi connectivity index (χ0) is 14.4. The molecule has 0 aliphatic carbocycles. The molecule has 21 heavy (non-hydrogen) atoms. The van der Waals surface area contributed by atoms with E-state index in [-0.39, 0.29) is 12.4 Å². The highest BCUT2D eigenvalue weighted by Crippen LogP contribution is 2.35. The number of carbonyl (C=O) groups is 1. The minimum absolute atomic E-state index is 0.108. The van der Waals surface area contributed by atoms with Crippen LogP contribution in [-0.2, 0) is 0 Å². The minimum atomic E-state index is -1.04. The van der Waals surface area contributed by atoms with Gasteiger partial charge in [0, 0.05) is 11.8 Å². The van der Waals surface area contributed by atoms with E-state index in [1.54, 1.807) is 24.4 Å². The van der Waals surface area contributed by atoms with Crippen molar-refractivity contribution < 1.29 is 19.4 Å². The quantitative estimate of drug-likeness (QED) is 0.772. The van der Waals surface area contributed by atoms with E-state index in [2.05, 4.69) is 10.1 Å². The molecular formula is C14H9N3O4. The molecule has 1 aromatic carbocycles. The van der Waals surface area contributed by atoms with Crippen LogP contribution in [-0.4, -0.2) is 32.5 Å². The second-order valence-electron chi connectivity index (χ2n) is 4.50. The van der Waals surface area contributed by atoms with Crippen LogP contribution in [0.25, 0.3) is 17.0 Å². The third-order valence-corrected chi connectivity index (χ3v) is 3.22. The molecule has 0 radical (unpaired) electrons. The van der Waals surface area contributed by atoms with Crippen molar-refractivity contribution in [2.75, 3.05) is 6.79 Å². The van der Waals surface area contributed by atoms with Gasteiger partial charge in [-0.05, 0) is 30.3 Å². The minimum Gasteiger partial charge on any atom is -0.478 e. The number of hydrogen-bond donors (Lipinski definition) is 1. The second kappa shape index (κ2) is 4.20. The highest BCUT2D eigenvalue weighted by molar-refractivity contribution is 5.94. The van der Waals surface area contributed by atoms with Gasteiger partial charge < -0.3 is 14.6 Å². The zero-order valence-corrected chi connectivity index (χ0v) is 10.7. The standard InChI is InChI=1S/C14H9N3O4/c18-14(19)9-2-1-5-17-13(9)15-12(16-17)8-3-4-10-11(6-8)21-7-20-10/h1-6H,7H2,(H,18,19). The van der Waals surface area contributed by atoms with Crippen LogP contribution in [0.15, 0.2) is 36.5 Å². The van der Waals surface area contributed by atoms with Crippen LogP contribution in [0.1, 0.15) is 10.4 Å². The molecule has 1 aliphatic rings. The molecule has 0 bridgehead atoms. The molecule has 3 aromatic rings. The van der Waals surface area contributed by atoms with Crippen LogP contribution < -0.4 is 9.47 Å². The van der Waals surface area contributed by atoms with Crippen molar-refractivity contribution in [3.63, 3.8) is 0 Å². The summed E-state index contributed by atoms with van der Waals surface area (Å²) in [4.78, 5) is 15.5. The Labute approximate surface area is 118 Å². The summed E-state index contributed by atoms with van der Waals surface area (Å²) < 4.78 is 12.0. The van der Waals surface area contributed by atoms with E-state index in [0.29, 0.717) is 23.0 Å². The summed E-state index contributed by atoms with van der Waals surface area (Å²) in [6.45, 7) is 0.195. The Hall–Kier alpha value is -3.09. The van der Waals surface area contributed by atoms with Gasteiger partial charge in [-0.2, -0.15) is 0 Å². The van der Waals surface area contributed by atoms with Crippen LogP contribution in [0.5, 0.6) is 11.5 Å². The van der Waals surface area contributed by atoms with E-state index in [0.717, 1.165) is 5.56 Å². The van der Waals surface area contributed by atoms with Gasteiger partial charge in [0.25, 0.3) is 0 Å². The fourth-order valence-electron chi connectivity index (χ4n) is 2.23. The van der Waals surface area contributed by atoms with Crippen molar-refractivity contribution in [2.45, 2.75) is 0 Å². The summed E-state index contributed by atoms with van der Waals surface area (Å²) in [5, 5.41) is 13.5. The zero-order valence-electron chi connectivity index (χ0n) is 10.7. The molecular weight excluding hydrogens is 274 g/mol. The topological polar surface area (TPSA) is 86.0 Å². The number of fused-ring (bicyclic) bond motifs is 2. The summed E-state index contributed by atoms with van der Waals surface area (Å²) in [6, 6.07) is 8.48. The van der Waals surface area contributed by atoms with Crippen molar-refractivity contribution >= 4 is 11.6 Å². The van der Waals surface area contributed by atoms with Crippen molar-refractivity contribution in [3.05, 3.63) is 42.1 Å². The third kappa shape index (κ3) is 1.78. The number of benzene rings is 1. The van der Waals surface area contributed by atoms with E-state index < -0.39 is 5.97 Å². The van der Waals surface area contributed by atoms with Gasteiger partial charge in [0.15, 0.2) is 23.0 Å². The lowest BCUT2D eigenvalue weighted by atomic mass is 10.2. The number of rotatable bonds is 2. The van der Waals surface area contributed by atoms with Gasteiger partial charge in [0.1, 0.15) is 5.56 Å². The number of carboxylic acid groups (broad SMARTS) is 1. The van der Waals surface area contributed by atoms with Gasteiger partial charge in [-0.25, -0.2) is 14.3 Å². The maximum absolute atomic E-state index is 11.2. The molecule has 4 rings (SSSR count). The highest BCUT2D eigenvalue weighted by Gasteiger charge is 2.17. The summed E-state index contributed by atoms with van der Waals surface area (Å²) in [5.41, 5.74) is 1.15. The highest BCUT2D eigenvalue weighted by atomic mass is 16.7. The lowest BCUT2D eigenvalue weighted by molar-refractivity contribution is 0.0698. The Morgan fingerprint density at radius 1 is 1.24 bits per heavy atom. The number of aromatic carboxylic acids is 1. The molecule has 7 nitrogen and oxygen atoms in total. The fourth-order valence-corrected chi connectivity index (χ4v) is 2.23. The van der Waals surface area contributed by atoms with Gasteiger partial charge >= 0.3 is 5.97 Å². The smallest absolute Gasteiger partial charge is 0.339 e. The average molecular weight is 283 g/mol. The molecule has 104 valence electrons. The fraction of sp³-hybridized carbons (Fsp3) is 0.0714. The molecule has 0 spiro atoms. The first-order valence-electron chi connectivity index (χ1n) is 6.21. The molecule has 3 heterocycles. The molecule has 0 atom stereocenters. The van der Waals surface area contributed by atoms with Gasteiger partial charge in [-0.3, -0.25) is 0 Å². The Bertz CT molecular complexity index is 872. The van der Waals surface area contributed by atoms with Gasteiger partial charge in [0.05, 0.1) is 0 Å². The molecule has 1 aliphatic heterocycles. The van der Waals surface area contributed by atoms with E-state index >= 15 is 0 Å². The van der Waals surface area contributed by atoms with Gasteiger partial charge in [-0.1, -0.05) is 0 Å². The molecule has 0 saturated heterocycles. The van der Waals surface area contributed by atoms with Crippen LogP contribution in [0.2, 0.25) is 0 Å². The predicted molar refractivity (Wildman–Crippen MR) is 71.5 cm³/mol. The normalized spacial score (nSPS) is 12.8. The number of ether oxygens (including phenoxy) is 2. The molecule has 1 N–H and O–H groups in total.